The first-order valence-corrected chi connectivity index (χ1v) is 8.31. The first kappa shape index (κ1) is 19.0. The molecule has 0 spiro atoms. The second-order valence-electron chi connectivity index (χ2n) is 5.77. The van der Waals surface area contributed by atoms with Gasteiger partial charge in [-0.05, 0) is 37.6 Å². The Kier molecular flexibility index (Phi) is 6.74. The van der Waals surface area contributed by atoms with Gasteiger partial charge in [0.15, 0.2) is 5.82 Å². The Balaban J connectivity index is 1.98. The van der Waals surface area contributed by atoms with Gasteiger partial charge < -0.3 is 20.1 Å². The summed E-state index contributed by atoms with van der Waals surface area (Å²) in [7, 11) is 0. The number of nitriles is 1. The van der Waals surface area contributed by atoms with Crippen molar-refractivity contribution >= 4 is 23.4 Å². The number of unbranched alkanes of at least 4 members (excludes halogenated alkanes) is 1. The third kappa shape index (κ3) is 5.63. The lowest BCUT2D eigenvalue weighted by molar-refractivity contribution is -0.116. The van der Waals surface area contributed by atoms with Crippen molar-refractivity contribution in [2.24, 2.45) is 0 Å². The maximum atomic E-state index is 12.5. The Morgan fingerprint density at radius 2 is 2.00 bits per heavy atom. The number of nitrogens with zero attached hydrogens (tertiary/aromatic N) is 3. The molecule has 0 aliphatic rings. The minimum Gasteiger partial charge on any atom is -0.360 e. The summed E-state index contributed by atoms with van der Waals surface area (Å²) in [5.74, 6) is 0.543. The molecule has 1 heterocycles. The van der Waals surface area contributed by atoms with Crippen molar-refractivity contribution in [3.05, 3.63) is 41.7 Å². The van der Waals surface area contributed by atoms with Gasteiger partial charge in [0.25, 0.3) is 0 Å². The number of carbonyl (C=O) groups excluding carboxylic acids is 2. The molecule has 2 aromatic rings. The summed E-state index contributed by atoms with van der Waals surface area (Å²) in [6.07, 6.45) is 1.67. The topological polar surface area (TPSA) is 111 Å². The molecule has 0 aliphatic heterocycles. The van der Waals surface area contributed by atoms with Crippen LogP contribution in [0.2, 0.25) is 0 Å². The molecule has 0 fully saturated rings. The molecule has 0 unspecified atom stereocenters. The molecule has 1 aromatic carbocycles. The van der Waals surface area contributed by atoms with E-state index in [2.05, 4.69) is 15.8 Å². The van der Waals surface area contributed by atoms with Crippen LogP contribution >= 0.6 is 0 Å². The molecule has 0 saturated heterocycles. The van der Waals surface area contributed by atoms with Crippen LogP contribution in [-0.4, -0.2) is 35.1 Å². The third-order valence-corrected chi connectivity index (χ3v) is 3.56. The predicted octanol–water partition coefficient (Wildman–Crippen LogP) is 3.13. The Morgan fingerprint density at radius 3 is 2.58 bits per heavy atom. The van der Waals surface area contributed by atoms with Crippen LogP contribution in [0.4, 0.5) is 16.3 Å². The zero-order chi connectivity index (χ0) is 18.9. The van der Waals surface area contributed by atoms with E-state index in [0.717, 1.165) is 12.8 Å². The van der Waals surface area contributed by atoms with Crippen LogP contribution in [0.25, 0.3) is 0 Å². The molecular formula is C18H21N5O3. The minimum atomic E-state index is -0.380. The highest BCUT2D eigenvalue weighted by molar-refractivity contribution is 5.96. The highest BCUT2D eigenvalue weighted by Gasteiger charge is 2.18. The molecule has 8 nitrogen and oxygen atoms in total. The van der Waals surface area contributed by atoms with Crippen LogP contribution in [0.5, 0.6) is 0 Å². The zero-order valence-electron chi connectivity index (χ0n) is 14.8. The summed E-state index contributed by atoms with van der Waals surface area (Å²) in [4.78, 5) is 26.1. The lowest BCUT2D eigenvalue weighted by Gasteiger charge is -2.22. The average Bonchev–Trinajstić information content (AvgIpc) is 3.03. The van der Waals surface area contributed by atoms with Crippen LogP contribution < -0.4 is 10.6 Å². The van der Waals surface area contributed by atoms with Gasteiger partial charge in [-0.2, -0.15) is 5.26 Å². The fourth-order valence-corrected chi connectivity index (χ4v) is 2.21. The van der Waals surface area contributed by atoms with Gasteiger partial charge >= 0.3 is 6.03 Å². The molecule has 0 saturated carbocycles. The minimum absolute atomic E-state index is 0.103. The second-order valence-corrected chi connectivity index (χ2v) is 5.77. The van der Waals surface area contributed by atoms with Crippen LogP contribution in [0.3, 0.4) is 0 Å². The Hall–Kier alpha value is -3.34. The van der Waals surface area contributed by atoms with E-state index < -0.39 is 0 Å². The van der Waals surface area contributed by atoms with E-state index in [1.165, 1.54) is 4.90 Å². The van der Waals surface area contributed by atoms with E-state index in [-0.39, 0.29) is 18.5 Å². The smallest absolute Gasteiger partial charge is 0.322 e. The van der Waals surface area contributed by atoms with Crippen molar-refractivity contribution in [1.82, 2.24) is 10.1 Å². The number of hydrogen-bond acceptors (Lipinski definition) is 5. The van der Waals surface area contributed by atoms with Gasteiger partial charge in [-0.1, -0.05) is 18.5 Å². The summed E-state index contributed by atoms with van der Waals surface area (Å²) < 4.78 is 4.90. The van der Waals surface area contributed by atoms with Gasteiger partial charge in [0.1, 0.15) is 12.3 Å². The van der Waals surface area contributed by atoms with Crippen molar-refractivity contribution in [2.75, 3.05) is 23.7 Å². The van der Waals surface area contributed by atoms with Crippen molar-refractivity contribution in [3.8, 4) is 6.07 Å². The number of nitrogens with one attached hydrogen (secondary N) is 2. The molecule has 26 heavy (non-hydrogen) atoms. The van der Waals surface area contributed by atoms with Crippen LogP contribution in [0, 0.1) is 18.3 Å². The van der Waals surface area contributed by atoms with Gasteiger partial charge in [0, 0.05) is 18.3 Å². The number of benzene rings is 1. The van der Waals surface area contributed by atoms with Gasteiger partial charge in [-0.25, -0.2) is 4.79 Å². The average molecular weight is 355 g/mol. The molecule has 2 rings (SSSR count). The first-order valence-electron chi connectivity index (χ1n) is 8.31. The standard InChI is InChI=1S/C18H21N5O3/c1-3-4-9-23(12-17(24)21-16-10-13(2)26-22-16)18(25)20-15-7-5-14(11-19)6-8-15/h5-8,10H,3-4,9,12H2,1-2H3,(H,20,25)(H,21,22,24). The maximum absolute atomic E-state index is 12.5. The highest BCUT2D eigenvalue weighted by atomic mass is 16.5. The molecule has 1 aromatic heterocycles. The van der Waals surface area contributed by atoms with Gasteiger partial charge in [-0.15, -0.1) is 0 Å². The van der Waals surface area contributed by atoms with Gasteiger partial charge in [-0.3, -0.25) is 4.79 Å². The van der Waals surface area contributed by atoms with E-state index in [1.54, 1.807) is 37.3 Å². The predicted molar refractivity (Wildman–Crippen MR) is 96.5 cm³/mol. The third-order valence-electron chi connectivity index (χ3n) is 3.56. The van der Waals surface area contributed by atoms with Crippen LogP contribution in [0.15, 0.2) is 34.9 Å². The number of aryl methyl sites for hydroxylation is 1. The van der Waals surface area contributed by atoms with Crippen molar-refractivity contribution in [1.29, 1.82) is 5.26 Å². The number of aromatic nitrogens is 1. The molecule has 136 valence electrons. The largest absolute Gasteiger partial charge is 0.360 e. The first-order chi connectivity index (χ1) is 12.5. The Bertz CT molecular complexity index is 792. The number of urea groups is 1. The van der Waals surface area contributed by atoms with Gasteiger partial charge in [0.05, 0.1) is 11.6 Å². The van der Waals surface area contributed by atoms with Crippen LogP contribution in [0.1, 0.15) is 31.1 Å². The SMILES string of the molecule is CCCCN(CC(=O)Nc1cc(C)on1)C(=O)Nc1ccc(C#N)cc1. The fourth-order valence-electron chi connectivity index (χ4n) is 2.21. The lowest BCUT2D eigenvalue weighted by atomic mass is 10.2. The number of hydrogen-bond donors (Lipinski definition) is 2. The monoisotopic (exact) mass is 355 g/mol. The van der Waals surface area contributed by atoms with Crippen molar-refractivity contribution in [2.45, 2.75) is 26.7 Å². The summed E-state index contributed by atoms with van der Waals surface area (Å²) in [5, 5.41) is 17.9. The molecule has 8 heteroatoms. The fraction of sp³-hybridized carbons (Fsp3) is 0.333. The summed E-state index contributed by atoms with van der Waals surface area (Å²) in [5.41, 5.74) is 1.07. The molecule has 3 amide bonds. The molecule has 0 bridgehead atoms. The summed E-state index contributed by atoms with van der Waals surface area (Å²) in [6, 6.07) is 9.77. The Morgan fingerprint density at radius 1 is 1.27 bits per heavy atom. The van der Waals surface area contributed by atoms with E-state index in [0.29, 0.717) is 29.4 Å². The molecule has 0 radical (unpaired) electrons. The lowest BCUT2D eigenvalue weighted by Crippen LogP contribution is -2.41. The molecular weight excluding hydrogens is 334 g/mol. The number of carbonyl (C=O) groups is 2. The summed E-state index contributed by atoms with van der Waals surface area (Å²) >= 11 is 0. The Labute approximate surface area is 151 Å². The molecule has 2 N–H and O–H groups in total. The van der Waals surface area contributed by atoms with Crippen molar-refractivity contribution < 1.29 is 14.1 Å². The van der Waals surface area contributed by atoms with E-state index in [9.17, 15) is 9.59 Å². The summed E-state index contributed by atoms with van der Waals surface area (Å²) in [6.45, 7) is 4.08. The van der Waals surface area contributed by atoms with Crippen LogP contribution in [-0.2, 0) is 4.79 Å². The zero-order valence-corrected chi connectivity index (χ0v) is 14.8. The molecule has 0 atom stereocenters. The van der Waals surface area contributed by atoms with E-state index in [4.69, 9.17) is 9.78 Å². The number of anilines is 2. The quantitative estimate of drug-likeness (QED) is 0.792. The van der Waals surface area contributed by atoms with E-state index >= 15 is 0 Å². The number of amides is 3. The highest BCUT2D eigenvalue weighted by Crippen LogP contribution is 2.11. The normalized spacial score (nSPS) is 10.0. The van der Waals surface area contributed by atoms with Crippen molar-refractivity contribution in [3.63, 3.8) is 0 Å². The number of rotatable bonds is 7. The maximum Gasteiger partial charge on any atom is 0.322 e. The van der Waals surface area contributed by atoms with Gasteiger partial charge in [0.2, 0.25) is 5.91 Å². The van der Waals surface area contributed by atoms with E-state index in [1.807, 2.05) is 13.0 Å². The second kappa shape index (κ2) is 9.22. The molecule has 0 aliphatic carbocycles.